The predicted molar refractivity (Wildman–Crippen MR) is 83.2 cm³/mol. The molecule has 0 bridgehead atoms. The van der Waals surface area contributed by atoms with Crippen LogP contribution in [-0.2, 0) is 20.9 Å². The molecule has 1 spiro atoms. The fraction of sp³-hybridized carbons (Fsp3) is 0.438. The van der Waals surface area contributed by atoms with Gasteiger partial charge in [0, 0.05) is 0 Å². The summed E-state index contributed by atoms with van der Waals surface area (Å²) in [6.45, 7) is -0.715. The second-order valence-electron chi connectivity index (χ2n) is 6.25. The van der Waals surface area contributed by atoms with E-state index in [0.717, 1.165) is 17.7 Å². The lowest BCUT2D eigenvalue weighted by Crippen LogP contribution is -2.44. The number of carbonyl (C=O) groups is 3. The van der Waals surface area contributed by atoms with Crippen molar-refractivity contribution in [3.63, 3.8) is 0 Å². The SMILES string of the molecule is O=C(CN1C(=O)NC2(CCCC2)C1=O)OCc1nnc(-c2ccco2)o1. The number of nitrogens with one attached hydrogen (secondary N) is 1. The van der Waals surface area contributed by atoms with Crippen molar-refractivity contribution >= 4 is 17.9 Å². The number of carbonyl (C=O) groups excluding carboxylic acids is 3. The molecule has 1 saturated carbocycles. The van der Waals surface area contributed by atoms with E-state index in [1.165, 1.54) is 6.26 Å². The smallest absolute Gasteiger partial charge is 0.326 e. The average molecular weight is 360 g/mol. The molecule has 0 atom stereocenters. The summed E-state index contributed by atoms with van der Waals surface area (Å²) in [5.41, 5.74) is -0.845. The zero-order valence-electron chi connectivity index (χ0n) is 13.8. The van der Waals surface area contributed by atoms with Gasteiger partial charge in [-0.05, 0) is 25.0 Å². The molecule has 10 nitrogen and oxygen atoms in total. The Morgan fingerprint density at radius 3 is 2.85 bits per heavy atom. The summed E-state index contributed by atoms with van der Waals surface area (Å²) in [6.07, 6.45) is 4.41. The Labute approximate surface area is 147 Å². The maximum atomic E-state index is 12.5. The van der Waals surface area contributed by atoms with Gasteiger partial charge >= 0.3 is 12.0 Å². The fourth-order valence-corrected chi connectivity index (χ4v) is 3.27. The number of rotatable bonds is 5. The van der Waals surface area contributed by atoms with E-state index in [4.69, 9.17) is 13.6 Å². The largest absolute Gasteiger partial charge is 0.459 e. The summed E-state index contributed by atoms with van der Waals surface area (Å²) in [6, 6.07) is 2.76. The Hall–Kier alpha value is -3.17. The van der Waals surface area contributed by atoms with Gasteiger partial charge in [0.05, 0.1) is 6.26 Å². The molecule has 1 N–H and O–H groups in total. The molecule has 26 heavy (non-hydrogen) atoms. The van der Waals surface area contributed by atoms with E-state index in [9.17, 15) is 14.4 Å². The fourth-order valence-electron chi connectivity index (χ4n) is 3.27. The Bertz CT molecular complexity index is 837. The van der Waals surface area contributed by atoms with Gasteiger partial charge in [0.2, 0.25) is 0 Å². The second kappa shape index (κ2) is 6.28. The van der Waals surface area contributed by atoms with E-state index in [2.05, 4.69) is 15.5 Å². The number of hydrogen-bond acceptors (Lipinski definition) is 8. The van der Waals surface area contributed by atoms with Crippen LogP contribution >= 0.6 is 0 Å². The third-order valence-corrected chi connectivity index (χ3v) is 4.55. The first-order valence-electron chi connectivity index (χ1n) is 8.23. The molecular formula is C16H16N4O6. The van der Waals surface area contributed by atoms with Crippen molar-refractivity contribution in [2.45, 2.75) is 37.8 Å². The maximum Gasteiger partial charge on any atom is 0.326 e. The topological polar surface area (TPSA) is 128 Å². The second-order valence-corrected chi connectivity index (χ2v) is 6.25. The minimum Gasteiger partial charge on any atom is -0.459 e. The molecule has 3 heterocycles. The molecular weight excluding hydrogens is 344 g/mol. The monoisotopic (exact) mass is 360 g/mol. The van der Waals surface area contributed by atoms with Crippen molar-refractivity contribution in [2.75, 3.05) is 6.54 Å². The van der Waals surface area contributed by atoms with Gasteiger partial charge in [-0.3, -0.25) is 14.5 Å². The van der Waals surface area contributed by atoms with Crippen LogP contribution in [0.4, 0.5) is 4.79 Å². The highest BCUT2D eigenvalue weighted by Crippen LogP contribution is 2.34. The number of esters is 1. The molecule has 10 heteroatoms. The molecule has 1 aliphatic carbocycles. The third-order valence-electron chi connectivity index (χ3n) is 4.55. The molecule has 0 aromatic carbocycles. The lowest BCUT2D eigenvalue weighted by atomic mass is 9.98. The molecule has 2 aromatic rings. The molecule has 136 valence electrons. The summed E-state index contributed by atoms with van der Waals surface area (Å²) < 4.78 is 15.5. The molecule has 4 rings (SSSR count). The zero-order chi connectivity index (χ0) is 18.1. The van der Waals surface area contributed by atoms with Gasteiger partial charge in [0.25, 0.3) is 17.7 Å². The van der Waals surface area contributed by atoms with Gasteiger partial charge < -0.3 is 18.9 Å². The van der Waals surface area contributed by atoms with Crippen LogP contribution < -0.4 is 5.32 Å². The number of hydrogen-bond donors (Lipinski definition) is 1. The van der Waals surface area contributed by atoms with E-state index < -0.39 is 24.1 Å². The summed E-state index contributed by atoms with van der Waals surface area (Å²) in [4.78, 5) is 37.4. The van der Waals surface area contributed by atoms with Crippen LogP contribution in [0.25, 0.3) is 11.7 Å². The van der Waals surface area contributed by atoms with Crippen molar-refractivity contribution in [1.82, 2.24) is 20.4 Å². The minimum atomic E-state index is -0.845. The highest BCUT2D eigenvalue weighted by atomic mass is 16.5. The number of aromatic nitrogens is 2. The highest BCUT2D eigenvalue weighted by molar-refractivity contribution is 6.08. The van der Waals surface area contributed by atoms with Crippen LogP contribution in [0, 0.1) is 0 Å². The van der Waals surface area contributed by atoms with Crippen molar-refractivity contribution in [2.24, 2.45) is 0 Å². The van der Waals surface area contributed by atoms with Crippen molar-refractivity contribution in [3.05, 3.63) is 24.3 Å². The number of furan rings is 1. The Balaban J connectivity index is 1.33. The molecule has 2 aliphatic rings. The van der Waals surface area contributed by atoms with Crippen LogP contribution in [0.3, 0.4) is 0 Å². The van der Waals surface area contributed by atoms with Gasteiger partial charge in [-0.15, -0.1) is 10.2 Å². The van der Waals surface area contributed by atoms with Gasteiger partial charge in [-0.25, -0.2) is 4.79 Å². The lowest BCUT2D eigenvalue weighted by molar-refractivity contribution is -0.149. The van der Waals surface area contributed by atoms with Gasteiger partial charge in [0.15, 0.2) is 12.4 Å². The van der Waals surface area contributed by atoms with E-state index >= 15 is 0 Å². The van der Waals surface area contributed by atoms with Gasteiger partial charge in [0.1, 0.15) is 12.1 Å². The lowest BCUT2D eigenvalue weighted by Gasteiger charge is -2.19. The average Bonchev–Trinajstić information content (AvgIpc) is 3.40. The quantitative estimate of drug-likeness (QED) is 0.623. The van der Waals surface area contributed by atoms with Crippen molar-refractivity contribution in [3.8, 4) is 11.7 Å². The van der Waals surface area contributed by atoms with Gasteiger partial charge in [-0.1, -0.05) is 12.8 Å². The summed E-state index contributed by atoms with van der Waals surface area (Å²) in [7, 11) is 0. The van der Waals surface area contributed by atoms with E-state index in [-0.39, 0.29) is 24.3 Å². The van der Waals surface area contributed by atoms with Crippen molar-refractivity contribution in [1.29, 1.82) is 0 Å². The van der Waals surface area contributed by atoms with E-state index in [1.807, 2.05) is 0 Å². The van der Waals surface area contributed by atoms with Crippen molar-refractivity contribution < 1.29 is 28.0 Å². The number of amides is 3. The first-order valence-corrected chi connectivity index (χ1v) is 8.23. The van der Waals surface area contributed by atoms with Gasteiger partial charge in [-0.2, -0.15) is 0 Å². The summed E-state index contributed by atoms with van der Waals surface area (Å²) in [5, 5.41) is 10.2. The Morgan fingerprint density at radius 1 is 1.31 bits per heavy atom. The highest BCUT2D eigenvalue weighted by Gasteiger charge is 2.52. The predicted octanol–water partition coefficient (Wildman–Crippen LogP) is 1.24. The first kappa shape index (κ1) is 16.3. The third kappa shape index (κ3) is 2.83. The van der Waals surface area contributed by atoms with Crippen LogP contribution in [0.15, 0.2) is 27.2 Å². The zero-order valence-corrected chi connectivity index (χ0v) is 13.8. The minimum absolute atomic E-state index is 0.0780. The molecule has 3 amide bonds. The number of nitrogens with zero attached hydrogens (tertiary/aromatic N) is 3. The van der Waals surface area contributed by atoms with E-state index in [1.54, 1.807) is 12.1 Å². The molecule has 1 aliphatic heterocycles. The van der Waals surface area contributed by atoms with Crippen LogP contribution in [0.2, 0.25) is 0 Å². The molecule has 0 unspecified atom stereocenters. The maximum absolute atomic E-state index is 12.5. The molecule has 2 aromatic heterocycles. The first-order chi connectivity index (χ1) is 12.6. The Morgan fingerprint density at radius 2 is 2.12 bits per heavy atom. The molecule has 0 radical (unpaired) electrons. The van der Waals surface area contributed by atoms with E-state index in [0.29, 0.717) is 18.6 Å². The molecule has 2 fully saturated rings. The van der Waals surface area contributed by atoms with Crippen LogP contribution in [0.5, 0.6) is 0 Å². The number of ether oxygens (including phenoxy) is 1. The standard InChI is InChI=1S/C16H16N4O6/c21-12(8-20-14(22)16(17-15(20)23)5-1-2-6-16)25-9-11-18-19-13(26-11)10-4-3-7-24-10/h3-4,7H,1-2,5-6,8-9H2,(H,17,23). The number of imide groups is 1. The number of urea groups is 1. The Kier molecular flexibility index (Phi) is 3.94. The van der Waals surface area contributed by atoms with Crippen LogP contribution in [0.1, 0.15) is 31.6 Å². The summed E-state index contributed by atoms with van der Waals surface area (Å²) >= 11 is 0. The summed E-state index contributed by atoms with van der Waals surface area (Å²) in [5.74, 6) is -0.458. The molecule has 1 saturated heterocycles. The van der Waals surface area contributed by atoms with Crippen LogP contribution in [-0.4, -0.2) is 45.1 Å². The normalized spacial score (nSPS) is 18.5.